The third kappa shape index (κ3) is 1.84. The molecule has 2 heterocycles. The summed E-state index contributed by atoms with van der Waals surface area (Å²) in [5.41, 5.74) is 1.80. The highest BCUT2D eigenvalue weighted by atomic mass is 16.6. The summed E-state index contributed by atoms with van der Waals surface area (Å²) in [5, 5.41) is 12.2. The van der Waals surface area contributed by atoms with Gasteiger partial charge in [-0.05, 0) is 25.0 Å². The van der Waals surface area contributed by atoms with Crippen LogP contribution in [0.25, 0.3) is 0 Å². The smallest absolute Gasteiger partial charge is 0.415 e. The summed E-state index contributed by atoms with van der Waals surface area (Å²) in [5.74, 6) is -0.891. The van der Waals surface area contributed by atoms with E-state index in [4.69, 9.17) is 9.84 Å². The van der Waals surface area contributed by atoms with E-state index in [0.29, 0.717) is 6.42 Å². The van der Waals surface area contributed by atoms with Gasteiger partial charge in [-0.25, -0.2) is 4.79 Å². The van der Waals surface area contributed by atoms with Crippen molar-refractivity contribution in [1.82, 2.24) is 5.32 Å². The van der Waals surface area contributed by atoms with Gasteiger partial charge >= 0.3 is 12.1 Å². The number of hydrogen-bond donors (Lipinski definition) is 2. The second-order valence-electron chi connectivity index (χ2n) is 4.97. The Balaban J connectivity index is 1.97. The maximum atomic E-state index is 12.1. The number of rotatable bonds is 2. The summed E-state index contributed by atoms with van der Waals surface area (Å²) in [6.07, 6.45) is -0.300. The van der Waals surface area contributed by atoms with Crippen LogP contribution in [-0.4, -0.2) is 36.0 Å². The first-order valence-corrected chi connectivity index (χ1v) is 6.67. The molecule has 0 spiro atoms. The zero-order chi connectivity index (χ0) is 14.3. The lowest BCUT2D eigenvalue weighted by molar-refractivity contribution is -0.139. The Labute approximate surface area is 116 Å². The first-order chi connectivity index (χ1) is 9.63. The molecule has 1 aromatic carbocycles. The van der Waals surface area contributed by atoms with E-state index in [-0.39, 0.29) is 18.7 Å². The standard InChI is InChI=1S/C14H16N2O4/c1-2-20-14(19)16-11-6-4-3-5-8(11)9-7-10(13(17)18)15-12(9)16/h3-6,9-10,12,15H,2,7H2,1H3,(H,17,18)/t9-,10+,12+/m1/s1. The van der Waals surface area contributed by atoms with Crippen LogP contribution in [-0.2, 0) is 9.53 Å². The van der Waals surface area contributed by atoms with Gasteiger partial charge in [0.25, 0.3) is 0 Å². The number of carboxylic acid groups (broad SMARTS) is 1. The van der Waals surface area contributed by atoms with Crippen LogP contribution in [0.2, 0.25) is 0 Å². The van der Waals surface area contributed by atoms with Gasteiger partial charge in [0.15, 0.2) is 0 Å². The fourth-order valence-corrected chi connectivity index (χ4v) is 3.07. The molecule has 106 valence electrons. The van der Waals surface area contributed by atoms with Crippen molar-refractivity contribution in [2.24, 2.45) is 0 Å². The van der Waals surface area contributed by atoms with E-state index in [2.05, 4.69) is 5.32 Å². The molecule has 0 saturated carbocycles. The number of amides is 1. The predicted octanol–water partition coefficient (Wildman–Crippen LogP) is 1.52. The third-order valence-corrected chi connectivity index (χ3v) is 3.88. The summed E-state index contributed by atoms with van der Waals surface area (Å²) in [7, 11) is 0. The zero-order valence-corrected chi connectivity index (χ0v) is 11.1. The SMILES string of the molecule is CCOC(=O)N1c2ccccc2[C@H]2C[C@@H](C(=O)O)N[C@H]21. The topological polar surface area (TPSA) is 78.9 Å². The molecule has 2 N–H and O–H groups in total. The number of benzene rings is 1. The molecule has 0 aromatic heterocycles. The van der Waals surface area contributed by atoms with Crippen molar-refractivity contribution in [3.8, 4) is 0 Å². The fourth-order valence-electron chi connectivity index (χ4n) is 3.07. The molecule has 6 heteroatoms. The fraction of sp³-hybridized carbons (Fsp3) is 0.429. The maximum absolute atomic E-state index is 12.1. The van der Waals surface area contributed by atoms with Gasteiger partial charge < -0.3 is 9.84 Å². The van der Waals surface area contributed by atoms with Gasteiger partial charge in [-0.15, -0.1) is 0 Å². The molecule has 6 nitrogen and oxygen atoms in total. The predicted molar refractivity (Wildman–Crippen MR) is 71.6 cm³/mol. The van der Waals surface area contributed by atoms with Crippen molar-refractivity contribution in [1.29, 1.82) is 0 Å². The molecule has 0 unspecified atom stereocenters. The molecule has 20 heavy (non-hydrogen) atoms. The molecule has 0 radical (unpaired) electrons. The number of carboxylic acids is 1. The van der Waals surface area contributed by atoms with Gasteiger partial charge in [0.1, 0.15) is 6.04 Å². The third-order valence-electron chi connectivity index (χ3n) is 3.88. The minimum absolute atomic E-state index is 0.00305. The van der Waals surface area contributed by atoms with Gasteiger partial charge in [-0.1, -0.05) is 18.2 Å². The molecular formula is C14H16N2O4. The van der Waals surface area contributed by atoms with Gasteiger partial charge in [-0.3, -0.25) is 15.0 Å². The van der Waals surface area contributed by atoms with Gasteiger partial charge in [0, 0.05) is 5.92 Å². The minimum atomic E-state index is -0.888. The van der Waals surface area contributed by atoms with Gasteiger partial charge in [0.05, 0.1) is 18.5 Å². The summed E-state index contributed by atoms with van der Waals surface area (Å²) >= 11 is 0. The van der Waals surface area contributed by atoms with Crippen LogP contribution in [0.3, 0.4) is 0 Å². The largest absolute Gasteiger partial charge is 0.480 e. The highest BCUT2D eigenvalue weighted by Gasteiger charge is 2.49. The lowest BCUT2D eigenvalue weighted by Gasteiger charge is -2.24. The van der Waals surface area contributed by atoms with Crippen LogP contribution in [0.15, 0.2) is 24.3 Å². The Kier molecular flexibility index (Phi) is 3.10. The molecule has 2 aliphatic rings. The van der Waals surface area contributed by atoms with E-state index in [0.717, 1.165) is 11.3 Å². The number of para-hydroxylation sites is 1. The van der Waals surface area contributed by atoms with E-state index < -0.39 is 18.1 Å². The molecule has 3 atom stereocenters. The summed E-state index contributed by atoms with van der Waals surface area (Å²) in [4.78, 5) is 24.8. The lowest BCUT2D eigenvalue weighted by Crippen LogP contribution is -2.48. The number of carbonyl (C=O) groups excluding carboxylic acids is 1. The molecule has 2 aliphatic heterocycles. The number of carbonyl (C=O) groups is 2. The molecule has 0 aliphatic carbocycles. The maximum Gasteiger partial charge on any atom is 0.415 e. The number of nitrogens with one attached hydrogen (secondary N) is 1. The molecular weight excluding hydrogens is 260 g/mol. The van der Waals surface area contributed by atoms with Crippen molar-refractivity contribution >= 4 is 17.7 Å². The van der Waals surface area contributed by atoms with Crippen LogP contribution >= 0.6 is 0 Å². The number of hydrogen-bond acceptors (Lipinski definition) is 4. The Bertz CT molecular complexity index is 560. The Morgan fingerprint density at radius 2 is 2.20 bits per heavy atom. The molecule has 0 bridgehead atoms. The minimum Gasteiger partial charge on any atom is -0.480 e. The summed E-state index contributed by atoms with van der Waals surface area (Å²) in [6.45, 7) is 2.04. The summed E-state index contributed by atoms with van der Waals surface area (Å²) < 4.78 is 5.09. The second kappa shape index (κ2) is 4.79. The van der Waals surface area contributed by atoms with E-state index in [1.807, 2.05) is 24.3 Å². The van der Waals surface area contributed by atoms with Crippen LogP contribution in [0, 0.1) is 0 Å². The molecule has 3 rings (SSSR count). The zero-order valence-electron chi connectivity index (χ0n) is 11.1. The first kappa shape index (κ1) is 12.9. The number of ether oxygens (including phenoxy) is 1. The Hall–Kier alpha value is -2.08. The van der Waals surface area contributed by atoms with Gasteiger partial charge in [0.2, 0.25) is 0 Å². The van der Waals surface area contributed by atoms with Crippen molar-refractivity contribution in [3.63, 3.8) is 0 Å². The highest BCUT2D eigenvalue weighted by molar-refractivity contribution is 5.92. The van der Waals surface area contributed by atoms with E-state index in [1.165, 1.54) is 4.90 Å². The Morgan fingerprint density at radius 3 is 2.90 bits per heavy atom. The van der Waals surface area contributed by atoms with Crippen LogP contribution in [0.1, 0.15) is 24.8 Å². The quantitative estimate of drug-likeness (QED) is 0.856. The van der Waals surface area contributed by atoms with Gasteiger partial charge in [-0.2, -0.15) is 0 Å². The molecule has 1 saturated heterocycles. The normalized spacial score (nSPS) is 27.1. The van der Waals surface area contributed by atoms with E-state index in [9.17, 15) is 9.59 Å². The number of aliphatic carboxylic acids is 1. The van der Waals surface area contributed by atoms with Crippen LogP contribution in [0.4, 0.5) is 10.5 Å². The number of fused-ring (bicyclic) bond motifs is 3. The van der Waals surface area contributed by atoms with Crippen molar-refractivity contribution in [3.05, 3.63) is 29.8 Å². The van der Waals surface area contributed by atoms with Crippen molar-refractivity contribution in [2.75, 3.05) is 11.5 Å². The van der Waals surface area contributed by atoms with Crippen molar-refractivity contribution in [2.45, 2.75) is 31.5 Å². The van der Waals surface area contributed by atoms with Crippen LogP contribution in [0.5, 0.6) is 0 Å². The molecule has 1 aromatic rings. The van der Waals surface area contributed by atoms with Crippen molar-refractivity contribution < 1.29 is 19.4 Å². The highest BCUT2D eigenvalue weighted by Crippen LogP contribution is 2.45. The number of nitrogens with zero attached hydrogens (tertiary/aromatic N) is 1. The average Bonchev–Trinajstić information content (AvgIpc) is 2.95. The van der Waals surface area contributed by atoms with E-state index in [1.54, 1.807) is 6.92 Å². The first-order valence-electron chi connectivity index (χ1n) is 6.67. The summed E-state index contributed by atoms with van der Waals surface area (Å²) in [6, 6.07) is 6.94. The lowest BCUT2D eigenvalue weighted by atomic mass is 9.96. The average molecular weight is 276 g/mol. The Morgan fingerprint density at radius 1 is 1.45 bits per heavy atom. The molecule has 1 fully saturated rings. The van der Waals surface area contributed by atoms with E-state index >= 15 is 0 Å². The number of anilines is 1. The van der Waals surface area contributed by atoms with Crippen LogP contribution < -0.4 is 10.2 Å². The molecule has 1 amide bonds. The second-order valence-corrected chi connectivity index (χ2v) is 4.97. The monoisotopic (exact) mass is 276 g/mol.